The molecule has 5 nitrogen and oxygen atoms in total. The first-order valence-corrected chi connectivity index (χ1v) is 8.28. The molecule has 1 unspecified atom stereocenters. The van der Waals surface area contributed by atoms with Crippen LogP contribution >= 0.6 is 0 Å². The number of benzene rings is 1. The SMILES string of the molecule is Cc1cccc(C(O)CNc2nc(-c3ccncc3)nc(C)c2C)c1. The fourth-order valence-corrected chi connectivity index (χ4v) is 2.62. The van der Waals surface area contributed by atoms with E-state index in [9.17, 15) is 5.11 Å². The van der Waals surface area contributed by atoms with Gasteiger partial charge in [-0.15, -0.1) is 0 Å². The molecule has 0 fully saturated rings. The van der Waals surface area contributed by atoms with Gasteiger partial charge in [0, 0.05) is 35.8 Å². The van der Waals surface area contributed by atoms with Gasteiger partial charge in [-0.1, -0.05) is 29.8 Å². The van der Waals surface area contributed by atoms with Gasteiger partial charge < -0.3 is 10.4 Å². The molecule has 128 valence electrons. The normalized spacial score (nSPS) is 12.0. The second kappa shape index (κ2) is 7.40. The molecule has 0 spiro atoms. The predicted octanol–water partition coefficient (Wildman–Crippen LogP) is 3.61. The molecule has 0 bridgehead atoms. The van der Waals surface area contributed by atoms with Crippen LogP contribution in [0.2, 0.25) is 0 Å². The van der Waals surface area contributed by atoms with E-state index in [1.165, 1.54) is 0 Å². The van der Waals surface area contributed by atoms with Crippen molar-refractivity contribution in [2.45, 2.75) is 26.9 Å². The number of rotatable bonds is 5. The third-order valence-corrected chi connectivity index (χ3v) is 4.22. The Kier molecular flexibility index (Phi) is 5.05. The zero-order valence-electron chi connectivity index (χ0n) is 14.7. The van der Waals surface area contributed by atoms with E-state index in [4.69, 9.17) is 0 Å². The summed E-state index contributed by atoms with van der Waals surface area (Å²) in [5.41, 5.74) is 4.83. The van der Waals surface area contributed by atoms with Crippen LogP contribution in [-0.2, 0) is 0 Å². The highest BCUT2D eigenvalue weighted by Crippen LogP contribution is 2.22. The van der Waals surface area contributed by atoms with Crippen LogP contribution in [0.4, 0.5) is 5.82 Å². The lowest BCUT2D eigenvalue weighted by molar-refractivity contribution is 0.191. The Morgan fingerprint density at radius 3 is 2.52 bits per heavy atom. The van der Waals surface area contributed by atoms with Crippen LogP contribution in [0.15, 0.2) is 48.8 Å². The number of pyridine rings is 1. The number of aryl methyl sites for hydroxylation is 2. The minimum absolute atomic E-state index is 0.385. The van der Waals surface area contributed by atoms with Crippen LogP contribution in [-0.4, -0.2) is 26.6 Å². The Morgan fingerprint density at radius 1 is 1.04 bits per heavy atom. The van der Waals surface area contributed by atoms with E-state index in [0.29, 0.717) is 12.4 Å². The van der Waals surface area contributed by atoms with Gasteiger partial charge in [-0.25, -0.2) is 9.97 Å². The lowest BCUT2D eigenvalue weighted by Crippen LogP contribution is -2.15. The molecule has 3 rings (SSSR count). The molecule has 2 N–H and O–H groups in total. The summed E-state index contributed by atoms with van der Waals surface area (Å²) >= 11 is 0. The zero-order chi connectivity index (χ0) is 17.8. The van der Waals surface area contributed by atoms with Gasteiger partial charge in [0.25, 0.3) is 0 Å². The minimum Gasteiger partial charge on any atom is -0.387 e. The summed E-state index contributed by atoms with van der Waals surface area (Å²) < 4.78 is 0. The first-order chi connectivity index (χ1) is 12.0. The van der Waals surface area contributed by atoms with E-state index in [-0.39, 0.29) is 0 Å². The van der Waals surface area contributed by atoms with Crippen molar-refractivity contribution < 1.29 is 5.11 Å². The number of anilines is 1. The van der Waals surface area contributed by atoms with Gasteiger partial charge >= 0.3 is 0 Å². The average Bonchev–Trinajstić information content (AvgIpc) is 2.63. The van der Waals surface area contributed by atoms with E-state index in [0.717, 1.165) is 33.8 Å². The molecule has 2 aromatic heterocycles. The summed E-state index contributed by atoms with van der Waals surface area (Å²) in [5, 5.41) is 13.7. The van der Waals surface area contributed by atoms with Crippen molar-refractivity contribution in [1.29, 1.82) is 0 Å². The fourth-order valence-electron chi connectivity index (χ4n) is 2.62. The number of nitrogens with zero attached hydrogens (tertiary/aromatic N) is 3. The van der Waals surface area contributed by atoms with Crippen molar-refractivity contribution >= 4 is 5.82 Å². The Bertz CT molecular complexity index is 865. The lowest BCUT2D eigenvalue weighted by Gasteiger charge is -2.16. The quantitative estimate of drug-likeness (QED) is 0.746. The summed E-state index contributed by atoms with van der Waals surface area (Å²) in [6, 6.07) is 11.7. The molecule has 1 aromatic carbocycles. The minimum atomic E-state index is -0.598. The maximum atomic E-state index is 10.4. The summed E-state index contributed by atoms with van der Waals surface area (Å²) in [7, 11) is 0. The van der Waals surface area contributed by atoms with E-state index in [1.807, 2.05) is 57.2 Å². The van der Waals surface area contributed by atoms with Gasteiger partial charge in [0.1, 0.15) is 5.82 Å². The number of aliphatic hydroxyl groups excluding tert-OH is 1. The largest absolute Gasteiger partial charge is 0.387 e. The van der Waals surface area contributed by atoms with Crippen LogP contribution in [0.3, 0.4) is 0 Å². The van der Waals surface area contributed by atoms with Gasteiger partial charge in [-0.3, -0.25) is 4.98 Å². The smallest absolute Gasteiger partial charge is 0.161 e. The molecule has 2 heterocycles. The van der Waals surface area contributed by atoms with Crippen molar-refractivity contribution in [3.05, 3.63) is 71.2 Å². The lowest BCUT2D eigenvalue weighted by atomic mass is 10.1. The molecule has 0 aliphatic rings. The van der Waals surface area contributed by atoms with E-state index < -0.39 is 6.10 Å². The summed E-state index contributed by atoms with van der Waals surface area (Å²) in [5.74, 6) is 1.39. The van der Waals surface area contributed by atoms with Crippen LogP contribution in [0.1, 0.15) is 28.5 Å². The average molecular weight is 334 g/mol. The van der Waals surface area contributed by atoms with E-state index in [1.54, 1.807) is 12.4 Å². The maximum absolute atomic E-state index is 10.4. The molecule has 3 aromatic rings. The molecular weight excluding hydrogens is 312 g/mol. The molecular formula is C20H22N4O. The molecule has 1 atom stereocenters. The molecule has 0 radical (unpaired) electrons. The summed E-state index contributed by atoms with van der Waals surface area (Å²) in [4.78, 5) is 13.2. The predicted molar refractivity (Wildman–Crippen MR) is 99.4 cm³/mol. The number of hydrogen-bond donors (Lipinski definition) is 2. The summed E-state index contributed by atoms with van der Waals surface area (Å²) in [6.45, 7) is 6.34. The molecule has 0 aliphatic heterocycles. The topological polar surface area (TPSA) is 70.9 Å². The fraction of sp³-hybridized carbons (Fsp3) is 0.250. The molecule has 0 saturated carbocycles. The highest BCUT2D eigenvalue weighted by Gasteiger charge is 2.12. The number of hydrogen-bond acceptors (Lipinski definition) is 5. The Balaban J connectivity index is 1.81. The molecule has 0 aliphatic carbocycles. The summed E-state index contributed by atoms with van der Waals surface area (Å²) in [6.07, 6.45) is 2.85. The number of aromatic nitrogens is 3. The highest BCUT2D eigenvalue weighted by atomic mass is 16.3. The number of nitrogens with one attached hydrogen (secondary N) is 1. The van der Waals surface area contributed by atoms with E-state index >= 15 is 0 Å². The van der Waals surface area contributed by atoms with Gasteiger partial charge in [0.2, 0.25) is 0 Å². The van der Waals surface area contributed by atoms with Gasteiger partial charge in [-0.05, 0) is 38.5 Å². The van der Waals surface area contributed by atoms with Crippen molar-refractivity contribution in [2.75, 3.05) is 11.9 Å². The first-order valence-electron chi connectivity index (χ1n) is 8.28. The second-order valence-electron chi connectivity index (χ2n) is 6.15. The Hall–Kier alpha value is -2.79. The van der Waals surface area contributed by atoms with Crippen molar-refractivity contribution in [2.24, 2.45) is 0 Å². The van der Waals surface area contributed by atoms with Crippen LogP contribution in [0.5, 0.6) is 0 Å². The first kappa shape index (κ1) is 17.0. The molecule has 5 heteroatoms. The Morgan fingerprint density at radius 2 is 1.80 bits per heavy atom. The van der Waals surface area contributed by atoms with Crippen LogP contribution in [0.25, 0.3) is 11.4 Å². The van der Waals surface area contributed by atoms with Crippen molar-refractivity contribution in [1.82, 2.24) is 15.0 Å². The maximum Gasteiger partial charge on any atom is 0.161 e. The molecule has 25 heavy (non-hydrogen) atoms. The van der Waals surface area contributed by atoms with Crippen LogP contribution in [0, 0.1) is 20.8 Å². The van der Waals surface area contributed by atoms with Crippen molar-refractivity contribution in [3.8, 4) is 11.4 Å². The highest BCUT2D eigenvalue weighted by molar-refractivity contribution is 5.59. The second-order valence-corrected chi connectivity index (χ2v) is 6.15. The third kappa shape index (κ3) is 4.00. The number of aliphatic hydroxyl groups is 1. The molecule has 0 amide bonds. The Labute approximate surface area is 147 Å². The standard InChI is InChI=1S/C20H22N4O/c1-13-5-4-6-17(11-13)18(25)12-22-19-14(2)15(3)23-20(24-19)16-7-9-21-10-8-16/h4-11,18,25H,12H2,1-3H3,(H,22,23,24). The van der Waals surface area contributed by atoms with E-state index in [2.05, 4.69) is 20.3 Å². The van der Waals surface area contributed by atoms with Crippen LogP contribution < -0.4 is 5.32 Å². The molecule has 0 saturated heterocycles. The van der Waals surface area contributed by atoms with Gasteiger partial charge in [0.15, 0.2) is 5.82 Å². The monoisotopic (exact) mass is 334 g/mol. The van der Waals surface area contributed by atoms with Gasteiger partial charge in [-0.2, -0.15) is 0 Å². The zero-order valence-corrected chi connectivity index (χ0v) is 14.7. The van der Waals surface area contributed by atoms with Gasteiger partial charge in [0.05, 0.1) is 6.10 Å². The third-order valence-electron chi connectivity index (χ3n) is 4.22. The van der Waals surface area contributed by atoms with Crippen molar-refractivity contribution in [3.63, 3.8) is 0 Å².